The van der Waals surface area contributed by atoms with Crippen molar-refractivity contribution in [3.8, 4) is 0 Å². The third-order valence-corrected chi connectivity index (χ3v) is 5.49. The lowest BCUT2D eigenvalue weighted by Crippen LogP contribution is -2.44. The maximum Gasteiger partial charge on any atom is 0.251 e. The molecule has 0 spiro atoms. The molecule has 2 heterocycles. The van der Waals surface area contributed by atoms with Gasteiger partial charge in [-0.2, -0.15) is 0 Å². The zero-order valence-corrected chi connectivity index (χ0v) is 18.5. The van der Waals surface area contributed by atoms with E-state index in [9.17, 15) is 9.59 Å². The highest BCUT2D eigenvalue weighted by Gasteiger charge is 2.24. The fourth-order valence-electron chi connectivity index (χ4n) is 3.76. The summed E-state index contributed by atoms with van der Waals surface area (Å²) < 4.78 is 5.70. The third-order valence-electron chi connectivity index (χ3n) is 5.49. The summed E-state index contributed by atoms with van der Waals surface area (Å²) >= 11 is 0. The lowest BCUT2D eigenvalue weighted by Gasteiger charge is -2.33. The first-order chi connectivity index (χ1) is 15.6. The number of nitrogens with two attached hydrogens (primary N) is 1. The van der Waals surface area contributed by atoms with Crippen LogP contribution >= 0.6 is 0 Å². The molecule has 1 unspecified atom stereocenters. The van der Waals surface area contributed by atoms with E-state index in [4.69, 9.17) is 10.2 Å². The average Bonchev–Trinajstić information content (AvgIpc) is 3.35. The van der Waals surface area contributed by atoms with Crippen molar-refractivity contribution in [1.82, 2.24) is 20.9 Å². The number of piperidine rings is 1. The quantitative estimate of drug-likeness (QED) is 0.345. The van der Waals surface area contributed by atoms with Gasteiger partial charge in [-0.1, -0.05) is 18.6 Å². The molecule has 0 bridgehead atoms. The first-order valence-corrected chi connectivity index (χ1v) is 10.9. The number of benzene rings is 1. The number of nitrogens with one attached hydrogen (secondary N) is 3. The summed E-state index contributed by atoms with van der Waals surface area (Å²) in [7, 11) is 1.74. The number of primary amides is 1. The maximum atomic E-state index is 12.0. The van der Waals surface area contributed by atoms with Crippen molar-refractivity contribution in [3.63, 3.8) is 0 Å². The van der Waals surface area contributed by atoms with E-state index in [1.54, 1.807) is 25.4 Å². The predicted molar refractivity (Wildman–Crippen MR) is 123 cm³/mol. The molecule has 1 saturated heterocycles. The number of likely N-dealkylation sites (tertiary alicyclic amines) is 1. The Bertz CT molecular complexity index is 889. The van der Waals surface area contributed by atoms with Crippen LogP contribution in [0.25, 0.3) is 0 Å². The van der Waals surface area contributed by atoms with Gasteiger partial charge >= 0.3 is 0 Å². The van der Waals surface area contributed by atoms with Gasteiger partial charge in [-0.05, 0) is 55.8 Å². The van der Waals surface area contributed by atoms with Crippen molar-refractivity contribution in [3.05, 3.63) is 59.5 Å². The number of carbonyl (C=O) groups excluding carboxylic acids is 2. The van der Waals surface area contributed by atoms with Crippen LogP contribution in [-0.2, 0) is 11.3 Å². The number of aliphatic imine (C=N–C) groups is 1. The van der Waals surface area contributed by atoms with Gasteiger partial charge in [-0.15, -0.1) is 0 Å². The van der Waals surface area contributed by atoms with Crippen LogP contribution in [0.1, 0.15) is 47.0 Å². The van der Waals surface area contributed by atoms with Gasteiger partial charge in [0.1, 0.15) is 5.76 Å². The summed E-state index contributed by atoms with van der Waals surface area (Å²) in [6.45, 7) is 3.20. The Hall–Kier alpha value is -3.33. The maximum absolute atomic E-state index is 12.0. The van der Waals surface area contributed by atoms with Gasteiger partial charge in [0.2, 0.25) is 5.91 Å². The van der Waals surface area contributed by atoms with Crippen LogP contribution in [-0.4, -0.2) is 55.9 Å². The van der Waals surface area contributed by atoms with E-state index in [2.05, 4.69) is 25.8 Å². The van der Waals surface area contributed by atoms with Gasteiger partial charge in [-0.3, -0.25) is 19.5 Å². The monoisotopic (exact) mass is 440 g/mol. The molecule has 1 aromatic carbocycles. The lowest BCUT2D eigenvalue weighted by atomic mass is 10.1. The van der Waals surface area contributed by atoms with E-state index in [0.717, 1.165) is 24.4 Å². The molecule has 1 aromatic heterocycles. The molecule has 2 aromatic rings. The first kappa shape index (κ1) is 23.3. The summed E-state index contributed by atoms with van der Waals surface area (Å²) in [5.74, 6) is 0.747. The van der Waals surface area contributed by atoms with Crippen molar-refractivity contribution in [2.24, 2.45) is 10.7 Å². The molecular weight excluding hydrogens is 408 g/mol. The van der Waals surface area contributed by atoms with E-state index in [0.29, 0.717) is 24.6 Å². The minimum Gasteiger partial charge on any atom is -0.468 e. The number of hydrogen-bond donors (Lipinski definition) is 4. The Morgan fingerprint density at radius 3 is 2.47 bits per heavy atom. The minimum absolute atomic E-state index is 0.155. The molecule has 0 aliphatic carbocycles. The molecule has 5 N–H and O–H groups in total. The topological polar surface area (TPSA) is 125 Å². The molecule has 2 amide bonds. The van der Waals surface area contributed by atoms with Crippen molar-refractivity contribution in [2.45, 2.75) is 31.8 Å². The van der Waals surface area contributed by atoms with E-state index >= 15 is 0 Å². The standard InChI is InChI=1S/C23H32N6O3/c1-25-23(27-14-17-7-9-18(10-8-17)22(31)26-16-21(24)30)28-15-19(20-6-5-13-32-20)29-11-3-2-4-12-29/h5-10,13,19H,2-4,11-12,14-16H2,1H3,(H2,24,30)(H,26,31)(H2,25,27,28). The molecule has 9 nitrogen and oxygen atoms in total. The van der Waals surface area contributed by atoms with Crippen LogP contribution in [0.4, 0.5) is 0 Å². The van der Waals surface area contributed by atoms with Gasteiger partial charge in [0.05, 0.1) is 18.8 Å². The van der Waals surface area contributed by atoms with Crippen LogP contribution < -0.4 is 21.7 Å². The van der Waals surface area contributed by atoms with Gasteiger partial charge in [0, 0.05) is 25.7 Å². The molecule has 0 radical (unpaired) electrons. The molecular formula is C23H32N6O3. The van der Waals surface area contributed by atoms with E-state index in [1.807, 2.05) is 24.3 Å². The minimum atomic E-state index is -0.576. The van der Waals surface area contributed by atoms with Crippen LogP contribution in [0.15, 0.2) is 52.1 Å². The lowest BCUT2D eigenvalue weighted by molar-refractivity contribution is -0.117. The molecule has 9 heteroatoms. The second-order valence-corrected chi connectivity index (χ2v) is 7.78. The smallest absolute Gasteiger partial charge is 0.251 e. The predicted octanol–water partition coefficient (Wildman–Crippen LogP) is 1.39. The second-order valence-electron chi connectivity index (χ2n) is 7.78. The van der Waals surface area contributed by atoms with E-state index in [-0.39, 0.29) is 18.5 Å². The largest absolute Gasteiger partial charge is 0.468 e. The average molecular weight is 441 g/mol. The van der Waals surface area contributed by atoms with E-state index < -0.39 is 5.91 Å². The molecule has 1 aliphatic heterocycles. The highest BCUT2D eigenvalue weighted by Crippen LogP contribution is 2.24. The number of carbonyl (C=O) groups is 2. The van der Waals surface area contributed by atoms with Gasteiger partial charge in [0.25, 0.3) is 5.91 Å². The third kappa shape index (κ3) is 6.84. The number of amides is 2. The molecule has 1 aliphatic rings. The Morgan fingerprint density at radius 1 is 1.09 bits per heavy atom. The van der Waals surface area contributed by atoms with Crippen molar-refractivity contribution < 1.29 is 14.0 Å². The summed E-state index contributed by atoms with van der Waals surface area (Å²) in [5, 5.41) is 9.19. The fourth-order valence-corrected chi connectivity index (χ4v) is 3.76. The number of rotatable bonds is 9. The molecule has 3 rings (SSSR count). The second kappa shape index (κ2) is 11.9. The van der Waals surface area contributed by atoms with Crippen LogP contribution in [0.3, 0.4) is 0 Å². The van der Waals surface area contributed by atoms with Crippen LogP contribution in [0, 0.1) is 0 Å². The normalized spacial score (nSPS) is 15.7. The Balaban J connectivity index is 1.51. The number of hydrogen-bond acceptors (Lipinski definition) is 5. The summed E-state index contributed by atoms with van der Waals surface area (Å²) in [6.07, 6.45) is 5.42. The van der Waals surface area contributed by atoms with Crippen molar-refractivity contribution in [2.75, 3.05) is 33.2 Å². The summed E-state index contributed by atoms with van der Waals surface area (Å²) in [4.78, 5) is 29.6. The molecule has 1 fully saturated rings. The first-order valence-electron chi connectivity index (χ1n) is 10.9. The number of guanidine groups is 1. The van der Waals surface area contributed by atoms with E-state index in [1.165, 1.54) is 19.3 Å². The SMILES string of the molecule is CN=C(NCc1ccc(C(=O)NCC(N)=O)cc1)NCC(c1ccco1)N1CCCCC1. The molecule has 1 atom stereocenters. The van der Waals surface area contributed by atoms with Gasteiger partial charge in [0.15, 0.2) is 5.96 Å². The Morgan fingerprint density at radius 2 is 1.84 bits per heavy atom. The zero-order chi connectivity index (χ0) is 22.8. The summed E-state index contributed by atoms with van der Waals surface area (Å²) in [6, 6.07) is 11.3. The zero-order valence-electron chi connectivity index (χ0n) is 18.5. The molecule has 32 heavy (non-hydrogen) atoms. The number of nitrogens with zero attached hydrogens (tertiary/aromatic N) is 2. The highest BCUT2D eigenvalue weighted by atomic mass is 16.3. The Labute approximate surface area is 188 Å². The molecule has 172 valence electrons. The van der Waals surface area contributed by atoms with Crippen LogP contribution in [0.2, 0.25) is 0 Å². The Kier molecular flexibility index (Phi) is 8.68. The van der Waals surface area contributed by atoms with Gasteiger partial charge < -0.3 is 26.1 Å². The van der Waals surface area contributed by atoms with Gasteiger partial charge in [-0.25, -0.2) is 0 Å². The fraction of sp³-hybridized carbons (Fsp3) is 0.435. The van der Waals surface area contributed by atoms with Crippen LogP contribution in [0.5, 0.6) is 0 Å². The molecule has 0 saturated carbocycles. The van der Waals surface area contributed by atoms with Crippen molar-refractivity contribution in [1.29, 1.82) is 0 Å². The van der Waals surface area contributed by atoms with Crippen molar-refractivity contribution >= 4 is 17.8 Å². The number of furan rings is 1. The summed E-state index contributed by atoms with van der Waals surface area (Å²) in [5.41, 5.74) is 6.52. The highest BCUT2D eigenvalue weighted by molar-refractivity contribution is 5.96.